The highest BCUT2D eigenvalue weighted by Crippen LogP contribution is 2.36. The fourth-order valence-corrected chi connectivity index (χ4v) is 5.62. The molecule has 1 aliphatic rings. The zero-order chi connectivity index (χ0) is 24.5. The van der Waals surface area contributed by atoms with Gasteiger partial charge in [0.05, 0.1) is 22.7 Å². The average Bonchev–Trinajstić information content (AvgIpc) is 3.46. The molecule has 6 heteroatoms. The summed E-state index contributed by atoms with van der Waals surface area (Å²) in [6, 6.07) is 24.1. The molecule has 5 rings (SSSR count). The molecule has 1 aromatic heterocycles. The Morgan fingerprint density at radius 3 is 2.51 bits per heavy atom. The first-order valence-electron chi connectivity index (χ1n) is 12.0. The zero-order valence-corrected chi connectivity index (χ0v) is 21.1. The van der Waals surface area contributed by atoms with Crippen LogP contribution in [0.1, 0.15) is 42.9 Å². The maximum Gasteiger partial charge on any atom is 0.234 e. The molecule has 0 spiro atoms. The summed E-state index contributed by atoms with van der Waals surface area (Å²) in [7, 11) is 0. The summed E-state index contributed by atoms with van der Waals surface area (Å²) in [4.78, 5) is 35.3. The number of carbonyl (C=O) groups is 2. The van der Waals surface area contributed by atoms with Gasteiger partial charge in [0.2, 0.25) is 11.8 Å². The third-order valence-electron chi connectivity index (χ3n) is 6.56. The van der Waals surface area contributed by atoms with Gasteiger partial charge in [0.1, 0.15) is 0 Å². The quantitative estimate of drug-likeness (QED) is 0.323. The maximum absolute atomic E-state index is 13.9. The van der Waals surface area contributed by atoms with Crippen LogP contribution in [0.5, 0.6) is 0 Å². The third kappa shape index (κ3) is 4.71. The van der Waals surface area contributed by atoms with Gasteiger partial charge in [0.15, 0.2) is 5.13 Å². The van der Waals surface area contributed by atoms with E-state index in [1.54, 1.807) is 9.80 Å². The number of hydrogen-bond acceptors (Lipinski definition) is 4. The Balaban J connectivity index is 1.48. The molecule has 2 heterocycles. The first-order valence-corrected chi connectivity index (χ1v) is 12.8. The highest BCUT2D eigenvalue weighted by molar-refractivity contribution is 7.22. The number of nitrogens with zero attached hydrogens (tertiary/aromatic N) is 3. The average molecular weight is 484 g/mol. The smallest absolute Gasteiger partial charge is 0.234 e. The minimum Gasteiger partial charge on any atom is -0.312 e. The summed E-state index contributed by atoms with van der Waals surface area (Å²) in [6.07, 6.45) is 0.208. The number of aromatic nitrogens is 1. The molecule has 0 N–H and O–H groups in total. The number of carbonyl (C=O) groups excluding carboxylic acids is 2. The molecular weight excluding hydrogens is 454 g/mol. The van der Waals surface area contributed by atoms with Crippen LogP contribution in [0, 0.1) is 12.8 Å². The van der Waals surface area contributed by atoms with Crippen LogP contribution in [0.2, 0.25) is 0 Å². The Morgan fingerprint density at radius 2 is 1.80 bits per heavy atom. The van der Waals surface area contributed by atoms with Gasteiger partial charge < -0.3 is 4.90 Å². The molecule has 0 bridgehead atoms. The lowest BCUT2D eigenvalue weighted by molar-refractivity contribution is -0.124. The van der Waals surface area contributed by atoms with E-state index in [-0.39, 0.29) is 18.2 Å². The van der Waals surface area contributed by atoms with E-state index in [0.717, 1.165) is 27.0 Å². The predicted octanol–water partition coefficient (Wildman–Crippen LogP) is 6.31. The van der Waals surface area contributed by atoms with Gasteiger partial charge in [-0.05, 0) is 42.2 Å². The second kappa shape index (κ2) is 9.62. The van der Waals surface area contributed by atoms with Crippen molar-refractivity contribution >= 4 is 44.2 Å². The fourth-order valence-electron chi connectivity index (χ4n) is 4.61. The molecule has 178 valence electrons. The van der Waals surface area contributed by atoms with Crippen LogP contribution < -0.4 is 9.80 Å². The van der Waals surface area contributed by atoms with Crippen LogP contribution in [0.4, 0.5) is 10.8 Å². The molecule has 1 fully saturated rings. The highest BCUT2D eigenvalue weighted by Gasteiger charge is 2.38. The van der Waals surface area contributed by atoms with Gasteiger partial charge >= 0.3 is 0 Å². The van der Waals surface area contributed by atoms with Crippen molar-refractivity contribution in [2.75, 3.05) is 16.3 Å². The Labute approximate surface area is 210 Å². The van der Waals surface area contributed by atoms with E-state index < -0.39 is 5.92 Å². The summed E-state index contributed by atoms with van der Waals surface area (Å²) in [6.45, 7) is 7.14. The molecule has 2 amide bonds. The lowest BCUT2D eigenvalue weighted by atomic mass is 10.0. The minimum atomic E-state index is -0.413. The van der Waals surface area contributed by atoms with Gasteiger partial charge in [-0.1, -0.05) is 85.3 Å². The van der Waals surface area contributed by atoms with Crippen molar-refractivity contribution in [3.8, 4) is 0 Å². The first-order chi connectivity index (χ1) is 16.9. The normalized spacial score (nSPS) is 15.8. The van der Waals surface area contributed by atoms with Crippen LogP contribution in [0.25, 0.3) is 10.2 Å². The van der Waals surface area contributed by atoms with Crippen LogP contribution in [0.15, 0.2) is 72.8 Å². The molecule has 0 unspecified atom stereocenters. The topological polar surface area (TPSA) is 53.5 Å². The molecule has 1 atom stereocenters. The van der Waals surface area contributed by atoms with Crippen molar-refractivity contribution in [1.82, 2.24) is 4.98 Å². The number of para-hydroxylation sites is 1. The maximum atomic E-state index is 13.9. The molecule has 3 aromatic carbocycles. The monoisotopic (exact) mass is 483 g/mol. The summed E-state index contributed by atoms with van der Waals surface area (Å²) in [5.74, 6) is -0.147. The second-order valence-electron chi connectivity index (χ2n) is 9.50. The predicted molar refractivity (Wildman–Crippen MR) is 143 cm³/mol. The number of hydrogen-bond donors (Lipinski definition) is 0. The zero-order valence-electron chi connectivity index (χ0n) is 20.3. The van der Waals surface area contributed by atoms with Crippen molar-refractivity contribution in [2.24, 2.45) is 5.92 Å². The molecule has 4 aromatic rings. The van der Waals surface area contributed by atoms with Crippen LogP contribution >= 0.6 is 11.3 Å². The van der Waals surface area contributed by atoms with Crippen molar-refractivity contribution in [3.63, 3.8) is 0 Å². The molecule has 5 nitrogen and oxygen atoms in total. The summed E-state index contributed by atoms with van der Waals surface area (Å²) in [5, 5.41) is 0.684. The summed E-state index contributed by atoms with van der Waals surface area (Å²) < 4.78 is 1.07. The van der Waals surface area contributed by atoms with E-state index in [1.807, 2.05) is 61.5 Å². The van der Waals surface area contributed by atoms with E-state index >= 15 is 0 Å². The fraction of sp³-hybridized carbons (Fsp3) is 0.276. The molecule has 35 heavy (non-hydrogen) atoms. The Bertz CT molecular complexity index is 1360. The molecule has 0 radical (unpaired) electrons. The van der Waals surface area contributed by atoms with Gasteiger partial charge in [-0.15, -0.1) is 0 Å². The lowest BCUT2D eigenvalue weighted by Crippen LogP contribution is -2.37. The van der Waals surface area contributed by atoms with Gasteiger partial charge in [0, 0.05) is 18.7 Å². The second-order valence-corrected chi connectivity index (χ2v) is 10.5. The minimum absolute atomic E-state index is 0.0155. The van der Waals surface area contributed by atoms with E-state index in [1.165, 1.54) is 16.9 Å². The number of benzene rings is 3. The van der Waals surface area contributed by atoms with Gasteiger partial charge in [-0.25, -0.2) is 4.98 Å². The molecule has 1 saturated heterocycles. The summed E-state index contributed by atoms with van der Waals surface area (Å²) >= 11 is 1.54. The van der Waals surface area contributed by atoms with E-state index in [0.29, 0.717) is 24.1 Å². The van der Waals surface area contributed by atoms with Crippen molar-refractivity contribution in [1.29, 1.82) is 0 Å². The number of thiazole rings is 1. The van der Waals surface area contributed by atoms with Gasteiger partial charge in [0.25, 0.3) is 0 Å². The van der Waals surface area contributed by atoms with E-state index in [2.05, 4.69) is 32.0 Å². The molecular formula is C29H29N3O2S. The van der Waals surface area contributed by atoms with Gasteiger partial charge in [-0.2, -0.15) is 0 Å². The Hall–Kier alpha value is -3.51. The van der Waals surface area contributed by atoms with Crippen molar-refractivity contribution in [2.45, 2.75) is 39.7 Å². The molecule has 0 aliphatic carbocycles. The number of aryl methyl sites for hydroxylation is 1. The van der Waals surface area contributed by atoms with Crippen molar-refractivity contribution in [3.05, 3.63) is 89.5 Å². The van der Waals surface area contributed by atoms with Crippen molar-refractivity contribution < 1.29 is 9.59 Å². The number of fused-ring (bicyclic) bond motifs is 1. The Morgan fingerprint density at radius 1 is 1.06 bits per heavy atom. The Kier molecular flexibility index (Phi) is 6.39. The molecule has 1 aliphatic heterocycles. The highest BCUT2D eigenvalue weighted by atomic mass is 32.1. The van der Waals surface area contributed by atoms with E-state index in [4.69, 9.17) is 4.98 Å². The summed E-state index contributed by atoms with van der Waals surface area (Å²) in [5.41, 5.74) is 5.14. The number of anilines is 2. The lowest BCUT2D eigenvalue weighted by Gasteiger charge is -2.23. The van der Waals surface area contributed by atoms with Crippen LogP contribution in [0.3, 0.4) is 0 Å². The van der Waals surface area contributed by atoms with Gasteiger partial charge in [-0.3, -0.25) is 14.5 Å². The SMILES string of the molecule is Cc1ccc(N2C[C@H](C(=O)N(Cc3ccccc3)c3nc4c(C(C)C)cccc4s3)CC2=O)cc1. The first kappa shape index (κ1) is 23.2. The number of amides is 2. The molecule has 0 saturated carbocycles. The van der Waals surface area contributed by atoms with Crippen LogP contribution in [-0.4, -0.2) is 23.3 Å². The number of rotatable bonds is 6. The largest absolute Gasteiger partial charge is 0.312 e. The third-order valence-corrected chi connectivity index (χ3v) is 7.60. The van der Waals surface area contributed by atoms with Crippen LogP contribution in [-0.2, 0) is 16.1 Å². The van der Waals surface area contributed by atoms with E-state index in [9.17, 15) is 9.59 Å². The standard InChI is InChI=1S/C29H29N3O2S/c1-19(2)24-10-7-11-25-27(24)30-29(35-25)32(17-21-8-5-4-6-9-21)28(34)22-16-26(33)31(18-22)23-14-12-20(3)13-15-23/h4-15,19,22H,16-18H2,1-3H3/t22-/m1/s1.